The summed E-state index contributed by atoms with van der Waals surface area (Å²) < 4.78 is 0. The van der Waals surface area contributed by atoms with E-state index < -0.39 is 5.97 Å². The molecule has 0 radical (unpaired) electrons. The van der Waals surface area contributed by atoms with Crippen LogP contribution in [0.4, 0.5) is 0 Å². The predicted molar refractivity (Wildman–Crippen MR) is 117 cm³/mol. The van der Waals surface area contributed by atoms with E-state index >= 15 is 0 Å². The number of para-hydroxylation sites is 1. The fraction of sp³-hybridized carbons (Fsp3) is 0.240. The Morgan fingerprint density at radius 2 is 1.73 bits per heavy atom. The van der Waals surface area contributed by atoms with E-state index in [0.717, 1.165) is 40.3 Å². The minimum Gasteiger partial charge on any atom is -0.481 e. The lowest BCUT2D eigenvalue weighted by Crippen LogP contribution is -2.39. The Bertz CT molecular complexity index is 1140. The molecule has 0 saturated carbocycles. The molecule has 5 nitrogen and oxygen atoms in total. The van der Waals surface area contributed by atoms with E-state index in [1.165, 1.54) is 5.56 Å². The molecule has 1 atom stereocenters. The number of carboxylic acid groups (broad SMARTS) is 1. The quantitative estimate of drug-likeness (QED) is 0.542. The third-order valence-corrected chi connectivity index (χ3v) is 6.15. The van der Waals surface area contributed by atoms with Gasteiger partial charge >= 0.3 is 5.97 Å². The Morgan fingerprint density at radius 3 is 2.57 bits per heavy atom. The van der Waals surface area contributed by atoms with E-state index in [9.17, 15) is 9.90 Å². The topological polar surface area (TPSA) is 66.3 Å². The molecule has 150 valence electrons. The molecule has 1 aliphatic rings. The van der Waals surface area contributed by atoms with Crippen molar-refractivity contribution in [2.24, 2.45) is 5.92 Å². The molecular weight excluding hydrogens is 374 g/mol. The summed E-state index contributed by atoms with van der Waals surface area (Å²) in [5.74, 6) is -0.934. The molecule has 0 bridgehead atoms. The molecule has 1 fully saturated rings. The van der Waals surface area contributed by atoms with E-state index in [-0.39, 0.29) is 12.0 Å². The van der Waals surface area contributed by atoms with Gasteiger partial charge in [-0.05, 0) is 66.7 Å². The van der Waals surface area contributed by atoms with Crippen LogP contribution in [0, 0.1) is 5.92 Å². The van der Waals surface area contributed by atoms with Crippen molar-refractivity contribution in [3.63, 3.8) is 0 Å². The lowest BCUT2D eigenvalue weighted by Gasteiger charge is -2.37. The number of fused-ring (bicyclic) bond motifs is 2. The second kappa shape index (κ2) is 7.84. The minimum atomic E-state index is -0.684. The van der Waals surface area contributed by atoms with Gasteiger partial charge in [0.25, 0.3) is 0 Å². The third kappa shape index (κ3) is 3.53. The van der Waals surface area contributed by atoms with Gasteiger partial charge in [-0.3, -0.25) is 19.7 Å². The zero-order chi connectivity index (χ0) is 20.5. The normalized spacial score (nSPS) is 16.7. The van der Waals surface area contributed by atoms with Gasteiger partial charge in [-0.2, -0.15) is 0 Å². The number of likely N-dealkylation sites (tertiary alicyclic amines) is 1. The Balaban J connectivity index is 1.58. The summed E-state index contributed by atoms with van der Waals surface area (Å²) in [6.07, 6.45) is 7.00. The highest BCUT2D eigenvalue weighted by molar-refractivity contribution is 5.82. The van der Waals surface area contributed by atoms with E-state index in [0.29, 0.717) is 12.8 Å². The number of hydrogen-bond donors (Lipinski definition) is 1. The highest BCUT2D eigenvalue weighted by Gasteiger charge is 2.30. The lowest BCUT2D eigenvalue weighted by atomic mass is 9.91. The first-order valence-electron chi connectivity index (χ1n) is 10.3. The van der Waals surface area contributed by atoms with Gasteiger partial charge in [-0.15, -0.1) is 0 Å². The molecule has 1 N–H and O–H groups in total. The Morgan fingerprint density at radius 1 is 0.933 bits per heavy atom. The van der Waals surface area contributed by atoms with Crippen molar-refractivity contribution in [2.45, 2.75) is 18.9 Å². The van der Waals surface area contributed by atoms with Crippen LogP contribution in [0.2, 0.25) is 0 Å². The molecule has 30 heavy (non-hydrogen) atoms. The van der Waals surface area contributed by atoms with Gasteiger partial charge < -0.3 is 5.11 Å². The van der Waals surface area contributed by atoms with Crippen LogP contribution >= 0.6 is 0 Å². The Hall–Kier alpha value is -3.31. The van der Waals surface area contributed by atoms with Crippen LogP contribution in [0.5, 0.6) is 0 Å². The molecule has 1 aliphatic heterocycles. The van der Waals surface area contributed by atoms with Crippen LogP contribution in [-0.4, -0.2) is 39.0 Å². The summed E-state index contributed by atoms with van der Waals surface area (Å²) in [7, 11) is 0. The van der Waals surface area contributed by atoms with E-state index in [1.807, 2.05) is 42.9 Å². The predicted octanol–water partition coefficient (Wildman–Crippen LogP) is 4.67. The summed E-state index contributed by atoms with van der Waals surface area (Å²) in [4.78, 5) is 22.7. The van der Waals surface area contributed by atoms with Gasteiger partial charge in [0, 0.05) is 29.4 Å². The number of nitrogens with zero attached hydrogens (tertiary/aromatic N) is 3. The molecule has 0 amide bonds. The van der Waals surface area contributed by atoms with Crippen molar-refractivity contribution in [1.29, 1.82) is 0 Å². The van der Waals surface area contributed by atoms with E-state index in [2.05, 4.69) is 40.2 Å². The summed E-state index contributed by atoms with van der Waals surface area (Å²) >= 11 is 0. The second-order valence-corrected chi connectivity index (χ2v) is 7.99. The minimum absolute atomic E-state index is 0.0365. The van der Waals surface area contributed by atoms with Crippen molar-refractivity contribution in [1.82, 2.24) is 14.9 Å². The van der Waals surface area contributed by atoms with Gasteiger partial charge in [0.05, 0.1) is 17.5 Å². The maximum Gasteiger partial charge on any atom is 0.306 e. The Labute approximate surface area is 175 Å². The maximum atomic E-state index is 11.4. The third-order valence-electron chi connectivity index (χ3n) is 6.15. The molecule has 1 unspecified atom stereocenters. The summed E-state index contributed by atoms with van der Waals surface area (Å²) in [5, 5.41) is 12.8. The number of piperidine rings is 1. The number of carboxylic acids is 1. The maximum absolute atomic E-state index is 11.4. The first-order valence-corrected chi connectivity index (χ1v) is 10.3. The number of rotatable bonds is 4. The standard InChI is InChI=1S/C25H23N3O2/c29-25(30)17-8-11-28(12-9-17)24(20-5-6-21-15-26-10-7-18(21)13-20)22-14-19-3-1-2-4-23(19)27-16-22/h1-7,10,13-17,24H,8-9,11-12H2,(H,29,30). The second-order valence-electron chi connectivity index (χ2n) is 7.99. The number of pyridine rings is 2. The van der Waals surface area contributed by atoms with Crippen LogP contribution in [0.3, 0.4) is 0 Å². The monoisotopic (exact) mass is 397 g/mol. The summed E-state index contributed by atoms with van der Waals surface area (Å²) in [6, 6.07) is 18.9. The zero-order valence-corrected chi connectivity index (χ0v) is 16.6. The first-order chi connectivity index (χ1) is 14.7. The van der Waals surface area contributed by atoms with Gasteiger partial charge in [0.1, 0.15) is 0 Å². The van der Waals surface area contributed by atoms with Crippen molar-refractivity contribution in [2.75, 3.05) is 13.1 Å². The number of aliphatic carboxylic acids is 1. The molecule has 4 aromatic rings. The molecule has 5 heteroatoms. The molecule has 0 spiro atoms. The number of hydrogen-bond acceptors (Lipinski definition) is 4. The molecule has 1 saturated heterocycles. The van der Waals surface area contributed by atoms with Gasteiger partial charge in [0.2, 0.25) is 0 Å². The Kier molecular flexibility index (Phi) is 4.89. The highest BCUT2D eigenvalue weighted by Crippen LogP contribution is 2.34. The van der Waals surface area contributed by atoms with Crippen LogP contribution in [-0.2, 0) is 4.79 Å². The summed E-state index contributed by atoms with van der Waals surface area (Å²) in [5.41, 5.74) is 3.31. The first kappa shape index (κ1) is 18.7. The van der Waals surface area contributed by atoms with Crippen molar-refractivity contribution < 1.29 is 9.90 Å². The van der Waals surface area contributed by atoms with Crippen molar-refractivity contribution in [3.8, 4) is 0 Å². The van der Waals surface area contributed by atoms with Crippen LogP contribution < -0.4 is 0 Å². The average molecular weight is 397 g/mol. The zero-order valence-electron chi connectivity index (χ0n) is 16.6. The van der Waals surface area contributed by atoms with Gasteiger partial charge in [-0.1, -0.05) is 30.3 Å². The molecular formula is C25H23N3O2. The van der Waals surface area contributed by atoms with Crippen molar-refractivity contribution >= 4 is 27.6 Å². The smallest absolute Gasteiger partial charge is 0.306 e. The fourth-order valence-electron chi connectivity index (χ4n) is 4.53. The number of aromatic nitrogens is 2. The van der Waals surface area contributed by atoms with E-state index in [4.69, 9.17) is 4.98 Å². The highest BCUT2D eigenvalue weighted by atomic mass is 16.4. The molecule has 2 aromatic heterocycles. The van der Waals surface area contributed by atoms with Gasteiger partial charge in [-0.25, -0.2) is 0 Å². The molecule has 5 rings (SSSR count). The fourth-order valence-corrected chi connectivity index (χ4v) is 4.53. The lowest BCUT2D eigenvalue weighted by molar-refractivity contribution is -0.143. The number of benzene rings is 2. The van der Waals surface area contributed by atoms with Crippen LogP contribution in [0.25, 0.3) is 21.7 Å². The molecule has 2 aromatic carbocycles. The molecule has 0 aliphatic carbocycles. The van der Waals surface area contributed by atoms with Gasteiger partial charge in [0.15, 0.2) is 0 Å². The van der Waals surface area contributed by atoms with E-state index in [1.54, 1.807) is 0 Å². The largest absolute Gasteiger partial charge is 0.481 e. The van der Waals surface area contributed by atoms with Crippen LogP contribution in [0.1, 0.15) is 30.0 Å². The average Bonchev–Trinajstić information content (AvgIpc) is 2.79. The number of carbonyl (C=O) groups is 1. The van der Waals surface area contributed by atoms with Crippen LogP contribution in [0.15, 0.2) is 73.2 Å². The summed E-state index contributed by atoms with van der Waals surface area (Å²) in [6.45, 7) is 1.51. The SMILES string of the molecule is O=C(O)C1CCN(C(c2ccc3cnccc3c2)c2cnc3ccccc3c2)CC1. The van der Waals surface area contributed by atoms with Crippen molar-refractivity contribution in [3.05, 3.63) is 84.3 Å². The molecule has 3 heterocycles.